The number of benzene rings is 27. The zero-order valence-corrected chi connectivity index (χ0v) is 86.9. The lowest BCUT2D eigenvalue weighted by atomic mass is 9.85. The van der Waals surface area contributed by atoms with Crippen molar-refractivity contribution in [1.29, 1.82) is 0 Å². The summed E-state index contributed by atoms with van der Waals surface area (Å²) in [7, 11) is -6.74. The van der Waals surface area contributed by atoms with Gasteiger partial charge in [0.2, 0.25) is 0 Å². The maximum Gasteiger partial charge on any atom is 0.171 e. The van der Waals surface area contributed by atoms with E-state index in [-0.39, 0.29) is 0 Å². The summed E-state index contributed by atoms with van der Waals surface area (Å²) >= 11 is 0. The fourth-order valence-corrected chi connectivity index (χ4v) is 28.4. The average molecular weight is 1960 g/mol. The standard InChI is InChI=1S/C62H42O2P2.C48H44N2.C34H22/c63-65(51-21-5-1-6-22-51,52-23-7-2-8-24-52)55-34-36-58-59(41-55)61(48-31-29-43-17-13-14-18-44(43)38-48)57-35-33-56(66(64,53-25-9-3-10-26-53)54-27-11-4-12-28-54)42-60(57)62(58)49-32-30-47-37-45-19-15-16-20-46(45)39-50(47)40-49;1-29-9-17-39(25-33(29)5)49(40-18-10-30(2)34(6)26-40)45-23-15-37-14-22-44-46(24-16-38-13-21-43(45)47(37)48(38)44)50(41-19-11-31(3)35(7)27-41)42-20-12-32(4)36(8)28-42;1-3-11-25-21-27(19-17-23(25)9-1)33-29-13-5-7-15-31(29)34(32-16-8-6-14-30(32)33)28-20-18-24-10-2-4-12-26(24)22-28/h1-42H;9-28H,1-8H3;1-22H. The molecular formula is C144H108N2O2P2. The van der Waals surface area contributed by atoms with Crippen molar-refractivity contribution in [1.82, 2.24) is 0 Å². The van der Waals surface area contributed by atoms with E-state index in [4.69, 9.17) is 0 Å². The normalized spacial score (nSPS) is 11.8. The Morgan fingerprint density at radius 1 is 0.147 bits per heavy atom. The van der Waals surface area contributed by atoms with Gasteiger partial charge in [-0.15, -0.1) is 0 Å². The van der Waals surface area contributed by atoms with Crippen molar-refractivity contribution >= 4 is 210 Å². The smallest absolute Gasteiger partial charge is 0.171 e. The van der Waals surface area contributed by atoms with Crippen molar-refractivity contribution in [2.45, 2.75) is 55.4 Å². The van der Waals surface area contributed by atoms with Crippen LogP contribution < -0.4 is 41.6 Å². The summed E-state index contributed by atoms with van der Waals surface area (Å²) in [5, 5.41) is 33.5. The lowest BCUT2D eigenvalue weighted by molar-refractivity contribution is 0.591. The Labute approximate surface area is 875 Å². The van der Waals surface area contributed by atoms with Crippen LogP contribution in [0.1, 0.15) is 44.5 Å². The number of nitrogens with zero attached hydrogens (tertiary/aromatic N) is 2. The van der Waals surface area contributed by atoms with Gasteiger partial charge in [-0.25, -0.2) is 0 Å². The van der Waals surface area contributed by atoms with E-state index < -0.39 is 14.3 Å². The van der Waals surface area contributed by atoms with E-state index in [1.807, 2.05) is 121 Å². The first-order chi connectivity index (χ1) is 73.4. The van der Waals surface area contributed by atoms with Gasteiger partial charge in [0.05, 0.1) is 11.4 Å². The van der Waals surface area contributed by atoms with Crippen molar-refractivity contribution in [3.05, 3.63) is 554 Å². The summed E-state index contributed by atoms with van der Waals surface area (Å²) in [5.74, 6) is 0. The van der Waals surface area contributed by atoms with E-state index in [0.29, 0.717) is 0 Å². The van der Waals surface area contributed by atoms with Crippen molar-refractivity contribution in [2.24, 2.45) is 0 Å². The van der Waals surface area contributed by atoms with E-state index >= 15 is 9.13 Å². The number of anilines is 6. The van der Waals surface area contributed by atoms with Crippen LogP contribution in [-0.4, -0.2) is 0 Å². The number of hydrogen-bond donors (Lipinski definition) is 0. The summed E-state index contributed by atoms with van der Waals surface area (Å²) in [5.41, 5.74) is 26.7. The van der Waals surface area contributed by atoms with Crippen molar-refractivity contribution in [2.75, 3.05) is 9.80 Å². The van der Waals surface area contributed by atoms with Crippen molar-refractivity contribution in [3.8, 4) is 44.5 Å². The van der Waals surface area contributed by atoms with Gasteiger partial charge >= 0.3 is 0 Å². The van der Waals surface area contributed by atoms with E-state index in [1.54, 1.807) is 0 Å². The quantitative estimate of drug-likeness (QED) is 0.0549. The highest BCUT2D eigenvalue weighted by Crippen LogP contribution is 2.55. The molecule has 0 amide bonds. The molecule has 27 rings (SSSR count). The maximum atomic E-state index is 16.2. The first kappa shape index (κ1) is 93.4. The van der Waals surface area contributed by atoms with Crippen LogP contribution in [0.5, 0.6) is 0 Å². The maximum absolute atomic E-state index is 16.2. The monoisotopic (exact) mass is 1960 g/mol. The molecule has 0 N–H and O–H groups in total. The molecule has 150 heavy (non-hydrogen) atoms. The molecule has 0 aliphatic rings. The van der Waals surface area contributed by atoms with Crippen LogP contribution in [0.25, 0.3) is 174 Å². The molecule has 0 atom stereocenters. The van der Waals surface area contributed by atoms with Crippen LogP contribution >= 0.6 is 14.3 Å². The highest BCUT2D eigenvalue weighted by atomic mass is 31.2. The lowest BCUT2D eigenvalue weighted by Crippen LogP contribution is -2.25. The molecule has 27 aromatic carbocycles. The third-order valence-electron chi connectivity index (χ3n) is 31.4. The zero-order chi connectivity index (χ0) is 102. The van der Waals surface area contributed by atoms with Crippen LogP contribution in [0.2, 0.25) is 0 Å². The Kier molecular flexibility index (Phi) is 24.1. The number of fused-ring (bicyclic) bond motifs is 9. The number of hydrogen-bond acceptors (Lipinski definition) is 4. The molecule has 0 unspecified atom stereocenters. The van der Waals surface area contributed by atoms with Crippen LogP contribution in [0.3, 0.4) is 0 Å². The van der Waals surface area contributed by atoms with Crippen LogP contribution in [0, 0.1) is 55.4 Å². The molecule has 4 nitrogen and oxygen atoms in total. The van der Waals surface area contributed by atoms with E-state index in [9.17, 15) is 0 Å². The minimum atomic E-state index is -3.37. The molecule has 0 aliphatic heterocycles. The molecule has 0 radical (unpaired) electrons. The summed E-state index contributed by atoms with van der Waals surface area (Å²) in [4.78, 5) is 4.89. The van der Waals surface area contributed by atoms with Gasteiger partial charge in [0, 0.05) is 65.3 Å². The molecule has 27 aromatic rings. The third kappa shape index (κ3) is 16.6. The zero-order valence-electron chi connectivity index (χ0n) is 85.1. The molecular weight excluding hydrogens is 1850 g/mol. The van der Waals surface area contributed by atoms with Crippen molar-refractivity contribution in [3.63, 3.8) is 0 Å². The second kappa shape index (κ2) is 38.7. The van der Waals surface area contributed by atoms with E-state index in [2.05, 4.69) is 453 Å². The highest BCUT2D eigenvalue weighted by Gasteiger charge is 2.35. The SMILES string of the molecule is Cc1ccc(N(c2ccc(C)c(C)c2)c2ccc3ccc4c(N(c5ccc(C)c(C)c5)c5ccc(C)c(C)c5)ccc5ccc2c3c54)cc1C.O=P(c1ccccc1)(c1ccccc1)c1ccc2c(-c3ccc4cc5ccccc5cc4c3)c3cc(P(=O)(c4ccccc4)c4ccccc4)ccc3c(-c3ccc4ccccc4c3)c2c1.c1ccc2cc(-c3c4ccccc4c(-c4ccc5ccccc5c4)c4ccccc34)ccc2c1. The number of aryl methyl sites for hydroxylation is 8. The third-order valence-corrected chi connectivity index (χ3v) is 37.5. The molecule has 0 bridgehead atoms. The minimum absolute atomic E-state index is 0.763. The summed E-state index contributed by atoms with van der Waals surface area (Å²) in [6, 6.07) is 182. The first-order valence-electron chi connectivity index (χ1n) is 51.8. The second-order valence-corrected chi connectivity index (χ2v) is 45.9. The van der Waals surface area contributed by atoms with Gasteiger partial charge in [-0.3, -0.25) is 0 Å². The Bertz CT molecular complexity index is 9590. The fourth-order valence-electron chi connectivity index (χ4n) is 23.0. The molecule has 0 spiro atoms. The topological polar surface area (TPSA) is 40.6 Å². The largest absolute Gasteiger partial charge is 0.310 e. The highest BCUT2D eigenvalue weighted by molar-refractivity contribution is 7.85. The summed E-state index contributed by atoms with van der Waals surface area (Å²) in [6.45, 7) is 17.6. The Balaban J connectivity index is 0.000000123. The molecule has 0 saturated carbocycles. The lowest BCUT2D eigenvalue weighted by Gasteiger charge is -2.30. The van der Waals surface area contributed by atoms with Crippen LogP contribution in [0.4, 0.5) is 34.1 Å². The van der Waals surface area contributed by atoms with Crippen LogP contribution in [0.15, 0.2) is 510 Å². The van der Waals surface area contributed by atoms with Gasteiger partial charge in [0.15, 0.2) is 14.3 Å². The van der Waals surface area contributed by atoms with Crippen LogP contribution in [-0.2, 0) is 9.13 Å². The average Bonchev–Trinajstić information content (AvgIpc) is 0.716. The molecule has 0 aromatic heterocycles. The first-order valence-corrected chi connectivity index (χ1v) is 55.2. The van der Waals surface area contributed by atoms with Crippen molar-refractivity contribution < 1.29 is 9.13 Å². The van der Waals surface area contributed by atoms with Gasteiger partial charge in [0.1, 0.15) is 0 Å². The second-order valence-electron chi connectivity index (χ2n) is 40.4. The fraction of sp³-hybridized carbons (Fsp3) is 0.0556. The minimum Gasteiger partial charge on any atom is -0.310 e. The van der Waals surface area contributed by atoms with Gasteiger partial charge < -0.3 is 18.9 Å². The molecule has 6 heteroatoms. The summed E-state index contributed by atoms with van der Waals surface area (Å²) < 4.78 is 32.3. The molecule has 716 valence electrons. The Hall–Kier alpha value is -17.6. The van der Waals surface area contributed by atoms with E-state index in [1.165, 1.54) is 187 Å². The molecule has 0 heterocycles. The molecule has 0 aliphatic carbocycles. The van der Waals surface area contributed by atoms with Gasteiger partial charge in [0.25, 0.3) is 0 Å². The van der Waals surface area contributed by atoms with Gasteiger partial charge in [-0.05, 0) is 372 Å². The van der Waals surface area contributed by atoms with E-state index in [0.717, 1.165) is 97.2 Å². The molecule has 0 saturated heterocycles. The van der Waals surface area contributed by atoms with Gasteiger partial charge in [-0.1, -0.05) is 400 Å². The Morgan fingerprint density at radius 3 is 0.680 bits per heavy atom. The predicted molar refractivity (Wildman–Crippen MR) is 648 cm³/mol. The Morgan fingerprint density at radius 2 is 0.373 bits per heavy atom. The number of rotatable bonds is 16. The predicted octanol–water partition coefficient (Wildman–Crippen LogP) is 37.7. The summed E-state index contributed by atoms with van der Waals surface area (Å²) in [6.07, 6.45) is 0. The van der Waals surface area contributed by atoms with Gasteiger partial charge in [-0.2, -0.15) is 0 Å². The molecule has 0 fully saturated rings.